The van der Waals surface area contributed by atoms with E-state index in [9.17, 15) is 10.3 Å². The summed E-state index contributed by atoms with van der Waals surface area (Å²) in [6.45, 7) is 3.55. The van der Waals surface area contributed by atoms with E-state index >= 15 is 0 Å². The van der Waals surface area contributed by atoms with Gasteiger partial charge in [-0.2, -0.15) is 4.73 Å². The molecule has 3 nitrogen and oxygen atoms in total. The van der Waals surface area contributed by atoms with Crippen LogP contribution in [0.25, 0.3) is 10.9 Å². The maximum absolute atomic E-state index is 11.6. The van der Waals surface area contributed by atoms with Crippen molar-refractivity contribution in [2.24, 2.45) is 0 Å². The van der Waals surface area contributed by atoms with Gasteiger partial charge in [0.25, 0.3) is 0 Å². The number of nitrogens with zero attached hydrogens (tertiary/aromatic N) is 1. The lowest BCUT2D eigenvalue weighted by Crippen LogP contribution is -2.30. The Balaban J connectivity index is 2.91. The summed E-state index contributed by atoms with van der Waals surface area (Å²) in [5, 5.41) is 21.9. The van der Waals surface area contributed by atoms with Crippen LogP contribution >= 0.6 is 0 Å². The second-order valence-corrected chi connectivity index (χ2v) is 3.47. The minimum Gasteiger partial charge on any atom is -0.618 e. The summed E-state index contributed by atoms with van der Waals surface area (Å²) in [6.07, 6.45) is 0. The van der Waals surface area contributed by atoms with Crippen LogP contribution in [0.2, 0.25) is 0 Å². The molecule has 0 saturated heterocycles. The molecule has 72 valence electrons. The van der Waals surface area contributed by atoms with Crippen molar-refractivity contribution in [3.63, 3.8) is 0 Å². The van der Waals surface area contributed by atoms with Gasteiger partial charge in [0, 0.05) is 19.1 Å². The zero-order valence-corrected chi connectivity index (χ0v) is 8.11. The van der Waals surface area contributed by atoms with Gasteiger partial charge in [-0.3, -0.25) is 0 Å². The van der Waals surface area contributed by atoms with Gasteiger partial charge in [0.15, 0.2) is 5.75 Å². The molecule has 14 heavy (non-hydrogen) atoms. The van der Waals surface area contributed by atoms with Crippen LogP contribution in [0.4, 0.5) is 0 Å². The largest absolute Gasteiger partial charge is 0.618 e. The molecule has 1 heterocycles. The Hall–Kier alpha value is -1.77. The summed E-state index contributed by atoms with van der Waals surface area (Å²) in [6, 6.07) is 7.15. The molecular weight excluding hydrogens is 178 g/mol. The predicted molar refractivity (Wildman–Crippen MR) is 54.0 cm³/mol. The van der Waals surface area contributed by atoms with E-state index in [0.29, 0.717) is 11.2 Å². The van der Waals surface area contributed by atoms with E-state index in [1.54, 1.807) is 19.1 Å². The fourth-order valence-electron chi connectivity index (χ4n) is 1.51. The molecule has 1 aromatic carbocycles. The number of aromatic nitrogens is 1. The number of fused-ring (bicyclic) bond motifs is 1. The normalized spacial score (nSPS) is 10.7. The molecule has 0 amide bonds. The van der Waals surface area contributed by atoms with Gasteiger partial charge in [-0.15, -0.1) is 0 Å². The van der Waals surface area contributed by atoms with Crippen molar-refractivity contribution in [1.29, 1.82) is 0 Å². The monoisotopic (exact) mass is 189 g/mol. The number of aromatic hydroxyl groups is 1. The van der Waals surface area contributed by atoms with Crippen LogP contribution in [0.5, 0.6) is 5.75 Å². The van der Waals surface area contributed by atoms with Crippen LogP contribution in [-0.2, 0) is 0 Å². The van der Waals surface area contributed by atoms with Crippen LogP contribution in [0.1, 0.15) is 11.3 Å². The Bertz CT molecular complexity index is 506. The third-order valence-electron chi connectivity index (χ3n) is 2.37. The SMILES string of the molecule is Cc1ccc2c(c1)cc(O)c(C)[n+]2[O-]. The summed E-state index contributed by atoms with van der Waals surface area (Å²) >= 11 is 0. The quantitative estimate of drug-likeness (QED) is 0.507. The first-order chi connectivity index (χ1) is 6.59. The number of pyridine rings is 1. The Kier molecular flexibility index (Phi) is 1.81. The molecule has 0 spiro atoms. The van der Waals surface area contributed by atoms with Gasteiger partial charge >= 0.3 is 0 Å². The molecule has 1 N–H and O–H groups in total. The van der Waals surface area contributed by atoms with E-state index in [0.717, 1.165) is 15.7 Å². The highest BCUT2D eigenvalue weighted by Gasteiger charge is 2.11. The average molecular weight is 189 g/mol. The van der Waals surface area contributed by atoms with Crippen LogP contribution in [0, 0.1) is 19.1 Å². The standard InChI is InChI=1S/C11H11NO2/c1-7-3-4-10-9(5-7)6-11(13)8(2)12(10)14/h3-6,13H,1-2H3. The number of hydrogen-bond acceptors (Lipinski definition) is 2. The summed E-state index contributed by atoms with van der Waals surface area (Å²) in [5.41, 5.74) is 1.99. The summed E-state index contributed by atoms with van der Waals surface area (Å²) in [4.78, 5) is 0. The summed E-state index contributed by atoms with van der Waals surface area (Å²) < 4.78 is 0.754. The van der Waals surface area contributed by atoms with Gasteiger partial charge in [-0.05, 0) is 13.0 Å². The minimum atomic E-state index is 0.0399. The highest BCUT2D eigenvalue weighted by Crippen LogP contribution is 2.20. The lowest BCUT2D eigenvalue weighted by molar-refractivity contribution is -0.584. The van der Waals surface area contributed by atoms with Crippen molar-refractivity contribution in [3.05, 3.63) is 40.7 Å². The molecule has 0 fully saturated rings. The lowest BCUT2D eigenvalue weighted by Gasteiger charge is -2.06. The van der Waals surface area contributed by atoms with Crippen molar-refractivity contribution in [2.75, 3.05) is 0 Å². The molecule has 0 aliphatic heterocycles. The van der Waals surface area contributed by atoms with E-state index in [2.05, 4.69) is 0 Å². The van der Waals surface area contributed by atoms with Crippen molar-refractivity contribution in [3.8, 4) is 5.75 Å². The van der Waals surface area contributed by atoms with Crippen LogP contribution in [-0.4, -0.2) is 5.11 Å². The molecule has 0 radical (unpaired) electrons. The van der Waals surface area contributed by atoms with E-state index in [4.69, 9.17) is 0 Å². The Morgan fingerprint density at radius 2 is 1.93 bits per heavy atom. The Labute approximate surface area is 81.8 Å². The van der Waals surface area contributed by atoms with Crippen molar-refractivity contribution in [1.82, 2.24) is 0 Å². The molecule has 1 aromatic heterocycles. The molecule has 0 atom stereocenters. The molecular formula is C11H11NO2. The Morgan fingerprint density at radius 3 is 2.64 bits per heavy atom. The maximum Gasteiger partial charge on any atom is 0.232 e. The summed E-state index contributed by atoms with van der Waals surface area (Å²) in [7, 11) is 0. The molecule has 0 aliphatic carbocycles. The van der Waals surface area contributed by atoms with Gasteiger partial charge in [0.2, 0.25) is 11.2 Å². The van der Waals surface area contributed by atoms with Gasteiger partial charge in [0.05, 0.1) is 5.39 Å². The molecule has 0 unspecified atom stereocenters. The smallest absolute Gasteiger partial charge is 0.232 e. The predicted octanol–water partition coefficient (Wildman–Crippen LogP) is 1.80. The second kappa shape index (κ2) is 2.87. The molecule has 0 aliphatic rings. The zero-order valence-electron chi connectivity index (χ0n) is 8.11. The van der Waals surface area contributed by atoms with Crippen LogP contribution < -0.4 is 4.73 Å². The van der Waals surface area contributed by atoms with E-state index in [-0.39, 0.29) is 5.75 Å². The molecule has 2 rings (SSSR count). The lowest BCUT2D eigenvalue weighted by atomic mass is 10.1. The van der Waals surface area contributed by atoms with Crippen LogP contribution in [0.3, 0.4) is 0 Å². The van der Waals surface area contributed by atoms with E-state index in [1.165, 1.54) is 0 Å². The first-order valence-corrected chi connectivity index (χ1v) is 4.42. The highest BCUT2D eigenvalue weighted by molar-refractivity contribution is 5.78. The molecule has 3 heteroatoms. The van der Waals surface area contributed by atoms with E-state index in [1.807, 2.05) is 19.1 Å². The molecule has 0 saturated carbocycles. The van der Waals surface area contributed by atoms with Crippen molar-refractivity contribution < 1.29 is 9.84 Å². The van der Waals surface area contributed by atoms with Gasteiger partial charge in [-0.1, -0.05) is 11.6 Å². The maximum atomic E-state index is 11.6. The third-order valence-corrected chi connectivity index (χ3v) is 2.37. The molecule has 2 aromatic rings. The number of rotatable bonds is 0. The molecule has 0 bridgehead atoms. The fourth-order valence-corrected chi connectivity index (χ4v) is 1.51. The van der Waals surface area contributed by atoms with Gasteiger partial charge < -0.3 is 10.3 Å². The number of hydrogen-bond donors (Lipinski definition) is 1. The zero-order chi connectivity index (χ0) is 10.3. The number of benzene rings is 1. The topological polar surface area (TPSA) is 47.2 Å². The van der Waals surface area contributed by atoms with Crippen molar-refractivity contribution in [2.45, 2.75) is 13.8 Å². The number of aryl methyl sites for hydroxylation is 1. The average Bonchev–Trinajstić information content (AvgIpc) is 2.14. The third kappa shape index (κ3) is 1.18. The van der Waals surface area contributed by atoms with Crippen molar-refractivity contribution >= 4 is 10.9 Å². The van der Waals surface area contributed by atoms with Crippen LogP contribution in [0.15, 0.2) is 24.3 Å². The Morgan fingerprint density at radius 1 is 1.21 bits per heavy atom. The van der Waals surface area contributed by atoms with Gasteiger partial charge in [-0.25, -0.2) is 0 Å². The first-order valence-electron chi connectivity index (χ1n) is 4.42. The summed E-state index contributed by atoms with van der Waals surface area (Å²) in [5.74, 6) is 0.0399. The van der Waals surface area contributed by atoms with E-state index < -0.39 is 0 Å². The first kappa shape index (κ1) is 8.81. The highest BCUT2D eigenvalue weighted by atomic mass is 16.5. The van der Waals surface area contributed by atoms with Gasteiger partial charge in [0.1, 0.15) is 0 Å². The minimum absolute atomic E-state index is 0.0399. The second-order valence-electron chi connectivity index (χ2n) is 3.47. The fraction of sp³-hybridized carbons (Fsp3) is 0.182.